The van der Waals surface area contributed by atoms with E-state index < -0.39 is 0 Å². The number of hydrogen-bond acceptors (Lipinski definition) is 2. The summed E-state index contributed by atoms with van der Waals surface area (Å²) in [6, 6.07) is 5.69. The summed E-state index contributed by atoms with van der Waals surface area (Å²) < 4.78 is 0.889. The molecule has 0 fully saturated rings. The summed E-state index contributed by atoms with van der Waals surface area (Å²) in [7, 11) is 0. The van der Waals surface area contributed by atoms with E-state index in [0.717, 1.165) is 10.0 Å². The van der Waals surface area contributed by atoms with Gasteiger partial charge in [-0.05, 0) is 31.5 Å². The largest absolute Gasteiger partial charge is 0.507 e. The molecule has 0 saturated carbocycles. The highest BCUT2D eigenvalue weighted by Crippen LogP contribution is 2.31. The third-order valence-electron chi connectivity index (χ3n) is 1.95. The Morgan fingerprint density at radius 2 is 2.15 bits per heavy atom. The van der Waals surface area contributed by atoms with Gasteiger partial charge in [0.2, 0.25) is 0 Å². The van der Waals surface area contributed by atoms with Crippen LogP contribution in [0.25, 0.3) is 0 Å². The van der Waals surface area contributed by atoms with Gasteiger partial charge in [-0.25, -0.2) is 0 Å². The van der Waals surface area contributed by atoms with E-state index in [9.17, 15) is 5.11 Å². The Kier molecular flexibility index (Phi) is 2.94. The van der Waals surface area contributed by atoms with E-state index in [0.29, 0.717) is 5.56 Å². The lowest BCUT2D eigenvalue weighted by atomic mass is 9.99. The Hall–Kier alpha value is -1.01. The predicted molar refractivity (Wildman–Crippen MR) is 54.6 cm³/mol. The Labute approximate surface area is 85.9 Å². The summed E-state index contributed by atoms with van der Waals surface area (Å²) >= 11 is 3.32. The van der Waals surface area contributed by atoms with Crippen molar-refractivity contribution in [2.75, 3.05) is 0 Å². The number of halogens is 1. The number of nitriles is 1. The normalized spacial score (nSPS) is 12.2. The topological polar surface area (TPSA) is 44.0 Å². The van der Waals surface area contributed by atoms with E-state index >= 15 is 0 Å². The van der Waals surface area contributed by atoms with Gasteiger partial charge in [0, 0.05) is 10.0 Å². The monoisotopic (exact) mass is 239 g/mol. The molecule has 1 rings (SSSR count). The van der Waals surface area contributed by atoms with Gasteiger partial charge in [0.15, 0.2) is 0 Å². The standard InChI is InChI=1S/C10H10BrNO/c1-6-3-8(11)4-9(10(6)13)7(2)5-12/h3-4,7,13H,1-2H3. The number of rotatable bonds is 1. The fraction of sp³-hybridized carbons (Fsp3) is 0.300. The van der Waals surface area contributed by atoms with Crippen molar-refractivity contribution in [3.8, 4) is 11.8 Å². The second-order valence-electron chi connectivity index (χ2n) is 3.01. The average Bonchev–Trinajstić information content (AvgIpc) is 2.10. The molecule has 1 N–H and O–H groups in total. The number of aryl methyl sites for hydroxylation is 1. The van der Waals surface area contributed by atoms with Crippen LogP contribution in [0.4, 0.5) is 0 Å². The van der Waals surface area contributed by atoms with E-state index in [1.54, 1.807) is 13.0 Å². The van der Waals surface area contributed by atoms with Crippen molar-refractivity contribution in [3.05, 3.63) is 27.7 Å². The van der Waals surface area contributed by atoms with Gasteiger partial charge in [0.05, 0.1) is 12.0 Å². The molecule has 0 aliphatic carbocycles. The van der Waals surface area contributed by atoms with E-state index in [1.165, 1.54) is 0 Å². The molecule has 1 aromatic carbocycles. The molecular formula is C10H10BrNO. The molecule has 0 saturated heterocycles. The van der Waals surface area contributed by atoms with Crippen molar-refractivity contribution >= 4 is 15.9 Å². The highest BCUT2D eigenvalue weighted by molar-refractivity contribution is 9.10. The summed E-state index contributed by atoms with van der Waals surface area (Å²) in [5.74, 6) is -0.0616. The van der Waals surface area contributed by atoms with Crippen LogP contribution >= 0.6 is 15.9 Å². The summed E-state index contributed by atoms with van der Waals surface area (Å²) in [5.41, 5.74) is 1.46. The van der Waals surface area contributed by atoms with Crippen LogP contribution < -0.4 is 0 Å². The van der Waals surface area contributed by atoms with Crippen LogP contribution in [0.5, 0.6) is 5.75 Å². The molecule has 3 heteroatoms. The Morgan fingerprint density at radius 3 is 2.69 bits per heavy atom. The van der Waals surface area contributed by atoms with E-state index in [4.69, 9.17) is 5.26 Å². The summed E-state index contributed by atoms with van der Waals surface area (Å²) in [6.45, 7) is 3.58. The zero-order valence-electron chi connectivity index (χ0n) is 7.50. The Balaban J connectivity index is 3.30. The number of aromatic hydroxyl groups is 1. The van der Waals surface area contributed by atoms with Crippen LogP contribution in [0.2, 0.25) is 0 Å². The number of hydrogen-bond donors (Lipinski definition) is 1. The Bertz CT molecular complexity index is 368. The van der Waals surface area contributed by atoms with E-state index in [-0.39, 0.29) is 11.7 Å². The van der Waals surface area contributed by atoms with Gasteiger partial charge in [-0.15, -0.1) is 0 Å². The summed E-state index contributed by atoms with van der Waals surface area (Å²) in [5, 5.41) is 18.4. The van der Waals surface area contributed by atoms with Gasteiger partial charge < -0.3 is 5.11 Å². The molecule has 2 nitrogen and oxygen atoms in total. The van der Waals surface area contributed by atoms with Gasteiger partial charge >= 0.3 is 0 Å². The quantitative estimate of drug-likeness (QED) is 0.819. The van der Waals surface area contributed by atoms with Gasteiger partial charge in [0.1, 0.15) is 5.75 Å². The van der Waals surface area contributed by atoms with Crippen molar-refractivity contribution in [2.45, 2.75) is 19.8 Å². The number of nitrogens with zero attached hydrogens (tertiary/aromatic N) is 1. The first-order valence-corrected chi connectivity index (χ1v) is 4.74. The molecule has 1 unspecified atom stereocenters. The molecule has 0 radical (unpaired) electrons. The maximum absolute atomic E-state index is 9.65. The van der Waals surface area contributed by atoms with Gasteiger partial charge in [-0.3, -0.25) is 0 Å². The molecule has 0 bridgehead atoms. The second-order valence-corrected chi connectivity index (χ2v) is 3.93. The molecule has 1 aromatic rings. The minimum atomic E-state index is -0.281. The van der Waals surface area contributed by atoms with Crippen LogP contribution in [-0.4, -0.2) is 5.11 Å². The van der Waals surface area contributed by atoms with Gasteiger partial charge in [-0.2, -0.15) is 5.26 Å². The van der Waals surface area contributed by atoms with E-state index in [2.05, 4.69) is 22.0 Å². The van der Waals surface area contributed by atoms with Crippen molar-refractivity contribution < 1.29 is 5.11 Å². The maximum Gasteiger partial charge on any atom is 0.123 e. The molecule has 0 aromatic heterocycles. The lowest BCUT2D eigenvalue weighted by Crippen LogP contribution is -1.92. The first kappa shape index (κ1) is 10.1. The summed E-state index contributed by atoms with van der Waals surface area (Å²) in [6.07, 6.45) is 0. The highest BCUT2D eigenvalue weighted by atomic mass is 79.9. The van der Waals surface area contributed by atoms with Crippen molar-refractivity contribution in [2.24, 2.45) is 0 Å². The van der Waals surface area contributed by atoms with Crippen LogP contribution in [-0.2, 0) is 0 Å². The fourth-order valence-electron chi connectivity index (χ4n) is 1.16. The van der Waals surface area contributed by atoms with Crippen LogP contribution in [0.1, 0.15) is 24.0 Å². The molecule has 1 atom stereocenters. The van der Waals surface area contributed by atoms with E-state index in [1.807, 2.05) is 13.0 Å². The van der Waals surface area contributed by atoms with Gasteiger partial charge in [0.25, 0.3) is 0 Å². The number of phenolic OH excluding ortho intramolecular Hbond substituents is 1. The van der Waals surface area contributed by atoms with Crippen molar-refractivity contribution in [3.63, 3.8) is 0 Å². The van der Waals surface area contributed by atoms with Gasteiger partial charge in [-0.1, -0.05) is 15.9 Å². The SMILES string of the molecule is Cc1cc(Br)cc(C(C)C#N)c1O. The van der Waals surface area contributed by atoms with Crippen LogP contribution in [0.3, 0.4) is 0 Å². The zero-order valence-corrected chi connectivity index (χ0v) is 9.09. The lowest BCUT2D eigenvalue weighted by Gasteiger charge is -2.09. The molecule has 68 valence electrons. The fourth-order valence-corrected chi connectivity index (χ4v) is 1.75. The molecular weight excluding hydrogens is 230 g/mol. The highest BCUT2D eigenvalue weighted by Gasteiger charge is 2.12. The molecule has 0 amide bonds. The first-order valence-electron chi connectivity index (χ1n) is 3.95. The van der Waals surface area contributed by atoms with Crippen LogP contribution in [0.15, 0.2) is 16.6 Å². The number of phenols is 1. The molecule has 0 aliphatic rings. The van der Waals surface area contributed by atoms with Crippen molar-refractivity contribution in [1.29, 1.82) is 5.26 Å². The summed E-state index contributed by atoms with van der Waals surface area (Å²) in [4.78, 5) is 0. The smallest absolute Gasteiger partial charge is 0.123 e. The predicted octanol–water partition coefficient (Wildman–Crippen LogP) is 3.09. The maximum atomic E-state index is 9.65. The minimum Gasteiger partial charge on any atom is -0.507 e. The third-order valence-corrected chi connectivity index (χ3v) is 2.41. The second kappa shape index (κ2) is 3.80. The first-order chi connectivity index (χ1) is 6.06. The molecule has 0 spiro atoms. The van der Waals surface area contributed by atoms with Crippen molar-refractivity contribution in [1.82, 2.24) is 0 Å². The van der Waals surface area contributed by atoms with Crippen LogP contribution in [0, 0.1) is 18.3 Å². The molecule has 0 heterocycles. The Morgan fingerprint density at radius 1 is 1.54 bits per heavy atom. The minimum absolute atomic E-state index is 0.220. The lowest BCUT2D eigenvalue weighted by molar-refractivity contribution is 0.462. The third kappa shape index (κ3) is 2.02. The zero-order chi connectivity index (χ0) is 10.0. The molecule has 13 heavy (non-hydrogen) atoms. The average molecular weight is 240 g/mol. The molecule has 0 aliphatic heterocycles. The number of benzene rings is 1.